The van der Waals surface area contributed by atoms with Gasteiger partial charge in [0.25, 0.3) is 11.6 Å². The molecule has 0 saturated carbocycles. The molecular weight excluding hydrogens is 386 g/mol. The molecule has 2 amide bonds. The van der Waals surface area contributed by atoms with Crippen molar-refractivity contribution in [1.29, 1.82) is 0 Å². The maximum absolute atomic E-state index is 12.2. The summed E-state index contributed by atoms with van der Waals surface area (Å²) < 4.78 is 4.52. The Labute approximate surface area is 164 Å². The van der Waals surface area contributed by atoms with Crippen LogP contribution < -0.4 is 10.9 Å². The number of methoxy groups -OCH3 is 1. The van der Waals surface area contributed by atoms with E-state index in [4.69, 9.17) is 0 Å². The van der Waals surface area contributed by atoms with Crippen molar-refractivity contribution in [3.8, 4) is 0 Å². The van der Waals surface area contributed by atoms with Crippen LogP contribution in [-0.2, 0) is 9.53 Å². The highest BCUT2D eigenvalue weighted by molar-refractivity contribution is 8.00. The topological polar surface area (TPSA) is 128 Å². The van der Waals surface area contributed by atoms with Crippen molar-refractivity contribution >= 4 is 35.2 Å². The van der Waals surface area contributed by atoms with E-state index in [0.717, 1.165) is 35.8 Å². The molecule has 2 rings (SSSR count). The molecule has 0 radical (unpaired) electrons. The van der Waals surface area contributed by atoms with Crippen LogP contribution >= 0.6 is 11.8 Å². The summed E-state index contributed by atoms with van der Waals surface area (Å²) in [6.45, 7) is 1.95. The number of nitro benzene ring substituents is 1. The lowest BCUT2D eigenvalue weighted by atomic mass is 10.1. The van der Waals surface area contributed by atoms with Gasteiger partial charge < -0.3 is 4.74 Å². The van der Waals surface area contributed by atoms with E-state index in [1.54, 1.807) is 0 Å². The number of aryl methyl sites for hydroxylation is 1. The van der Waals surface area contributed by atoms with Crippen LogP contribution in [0.1, 0.15) is 26.3 Å². The second-order valence-electron chi connectivity index (χ2n) is 5.62. The summed E-state index contributed by atoms with van der Waals surface area (Å²) in [4.78, 5) is 46.9. The quantitative estimate of drug-likeness (QED) is 0.328. The van der Waals surface area contributed by atoms with Gasteiger partial charge in [0.05, 0.1) is 23.3 Å². The zero-order chi connectivity index (χ0) is 20.7. The Balaban J connectivity index is 1.98. The maximum Gasteiger partial charge on any atom is 0.338 e. The number of rotatable bonds is 6. The summed E-state index contributed by atoms with van der Waals surface area (Å²) in [5, 5.41) is 11.0. The first kappa shape index (κ1) is 20.9. The van der Waals surface area contributed by atoms with Crippen molar-refractivity contribution in [1.82, 2.24) is 10.9 Å². The number of benzene rings is 2. The Hall–Kier alpha value is -3.40. The molecule has 0 bridgehead atoms. The minimum Gasteiger partial charge on any atom is -0.465 e. The first-order valence-electron chi connectivity index (χ1n) is 7.96. The largest absolute Gasteiger partial charge is 0.465 e. The minimum absolute atomic E-state index is 0.0612. The second kappa shape index (κ2) is 9.51. The third-order valence-corrected chi connectivity index (χ3v) is 4.53. The van der Waals surface area contributed by atoms with E-state index in [0.29, 0.717) is 0 Å². The van der Waals surface area contributed by atoms with E-state index in [1.165, 1.54) is 11.8 Å². The average molecular weight is 403 g/mol. The summed E-state index contributed by atoms with van der Waals surface area (Å²) in [6, 6.07) is 10.7. The molecular formula is C18H17N3O6S. The summed E-state index contributed by atoms with van der Waals surface area (Å²) in [6.07, 6.45) is 0. The molecule has 0 saturated heterocycles. The van der Waals surface area contributed by atoms with Crippen LogP contribution in [0.4, 0.5) is 5.69 Å². The summed E-state index contributed by atoms with van der Waals surface area (Å²) in [7, 11) is 1.12. The zero-order valence-corrected chi connectivity index (χ0v) is 15.9. The first-order chi connectivity index (χ1) is 13.3. The molecule has 2 aromatic rings. The highest BCUT2D eigenvalue weighted by Crippen LogP contribution is 2.19. The van der Waals surface area contributed by atoms with Crippen LogP contribution in [0, 0.1) is 17.0 Å². The van der Waals surface area contributed by atoms with Gasteiger partial charge in [-0.1, -0.05) is 17.7 Å². The average Bonchev–Trinajstić information content (AvgIpc) is 2.70. The summed E-state index contributed by atoms with van der Waals surface area (Å²) >= 11 is 1.29. The second-order valence-corrected chi connectivity index (χ2v) is 6.67. The zero-order valence-electron chi connectivity index (χ0n) is 15.1. The van der Waals surface area contributed by atoms with Crippen LogP contribution in [0.2, 0.25) is 0 Å². The van der Waals surface area contributed by atoms with Gasteiger partial charge in [-0.05, 0) is 25.1 Å². The number of thioether (sulfide) groups is 1. The fourth-order valence-electron chi connectivity index (χ4n) is 2.10. The monoisotopic (exact) mass is 403 g/mol. The van der Waals surface area contributed by atoms with Gasteiger partial charge in [-0.2, -0.15) is 0 Å². The Morgan fingerprint density at radius 2 is 1.71 bits per heavy atom. The van der Waals surface area contributed by atoms with Gasteiger partial charge in [-0.3, -0.25) is 30.6 Å². The first-order valence-corrected chi connectivity index (χ1v) is 8.95. The normalized spacial score (nSPS) is 10.1. The van der Waals surface area contributed by atoms with Crippen LogP contribution in [0.5, 0.6) is 0 Å². The molecule has 0 aliphatic rings. The molecule has 0 fully saturated rings. The minimum atomic E-state index is -0.823. The highest BCUT2D eigenvalue weighted by atomic mass is 32.2. The van der Waals surface area contributed by atoms with Crippen molar-refractivity contribution in [3.63, 3.8) is 0 Å². The number of carbonyl (C=O) groups is 3. The van der Waals surface area contributed by atoms with Crippen LogP contribution in [0.3, 0.4) is 0 Å². The molecule has 0 atom stereocenters. The van der Waals surface area contributed by atoms with Crippen LogP contribution in [0.15, 0.2) is 47.4 Å². The highest BCUT2D eigenvalue weighted by Gasteiger charge is 2.18. The fourth-order valence-corrected chi connectivity index (χ4v) is 2.80. The van der Waals surface area contributed by atoms with Gasteiger partial charge in [0.15, 0.2) is 0 Å². The number of esters is 1. The van der Waals surface area contributed by atoms with E-state index in [-0.39, 0.29) is 16.9 Å². The Morgan fingerprint density at radius 1 is 1.07 bits per heavy atom. The number of nitrogens with one attached hydrogen (secondary N) is 2. The maximum atomic E-state index is 12.2. The third kappa shape index (κ3) is 5.81. The number of hydrogen-bond acceptors (Lipinski definition) is 7. The molecule has 146 valence electrons. The molecule has 2 N–H and O–H groups in total. The van der Waals surface area contributed by atoms with E-state index in [2.05, 4.69) is 15.6 Å². The summed E-state index contributed by atoms with van der Waals surface area (Å²) in [5.41, 5.74) is 4.73. The van der Waals surface area contributed by atoms with Gasteiger partial charge in [0.2, 0.25) is 5.91 Å². The van der Waals surface area contributed by atoms with Gasteiger partial charge in [0.1, 0.15) is 0 Å². The van der Waals surface area contributed by atoms with Gasteiger partial charge in [-0.25, -0.2) is 4.79 Å². The molecule has 9 nitrogen and oxygen atoms in total. The van der Waals surface area contributed by atoms with E-state index in [1.807, 2.05) is 31.2 Å². The predicted octanol–water partition coefficient (Wildman–Crippen LogP) is 2.24. The number of nitro groups is 1. The number of hydrogen-bond donors (Lipinski definition) is 2. The number of non-ortho nitro benzene ring substituents is 1. The number of nitrogens with zero attached hydrogens (tertiary/aromatic N) is 1. The standard InChI is InChI=1S/C18H17N3O6S/c1-11-3-5-15(6-4-11)28-10-16(22)19-20-17(23)12-7-13(18(24)27-2)9-14(8-12)21(25)26/h3-9H,10H2,1-2H3,(H,19,22)(H,20,23). The number of carbonyl (C=O) groups excluding carboxylic acids is 3. The molecule has 0 aliphatic heterocycles. The Morgan fingerprint density at radius 3 is 2.32 bits per heavy atom. The SMILES string of the molecule is COC(=O)c1cc(C(=O)NNC(=O)CSc2ccc(C)cc2)cc([N+](=O)[O-])c1. The third-order valence-electron chi connectivity index (χ3n) is 3.52. The van der Waals surface area contributed by atoms with E-state index in [9.17, 15) is 24.5 Å². The molecule has 0 heterocycles. The molecule has 0 aliphatic carbocycles. The van der Waals surface area contributed by atoms with E-state index >= 15 is 0 Å². The lowest BCUT2D eigenvalue weighted by molar-refractivity contribution is -0.384. The molecule has 10 heteroatoms. The smallest absolute Gasteiger partial charge is 0.338 e. The lowest BCUT2D eigenvalue weighted by Crippen LogP contribution is -2.42. The van der Waals surface area contributed by atoms with Crippen molar-refractivity contribution in [2.45, 2.75) is 11.8 Å². The molecule has 0 aromatic heterocycles. The molecule has 0 spiro atoms. The van der Waals surface area contributed by atoms with Crippen LogP contribution in [0.25, 0.3) is 0 Å². The molecule has 28 heavy (non-hydrogen) atoms. The number of amides is 2. The predicted molar refractivity (Wildman–Crippen MR) is 102 cm³/mol. The lowest BCUT2D eigenvalue weighted by Gasteiger charge is -2.08. The van der Waals surface area contributed by atoms with Gasteiger partial charge in [0, 0.05) is 22.6 Å². The van der Waals surface area contributed by atoms with Crippen molar-refractivity contribution in [2.75, 3.05) is 12.9 Å². The van der Waals surface area contributed by atoms with Gasteiger partial charge >= 0.3 is 5.97 Å². The Bertz CT molecular complexity index is 914. The molecule has 2 aromatic carbocycles. The van der Waals surface area contributed by atoms with Crippen molar-refractivity contribution in [2.24, 2.45) is 0 Å². The summed E-state index contributed by atoms with van der Waals surface area (Å²) in [5.74, 6) is -2.03. The van der Waals surface area contributed by atoms with Gasteiger partial charge in [-0.15, -0.1) is 11.8 Å². The van der Waals surface area contributed by atoms with Crippen molar-refractivity contribution < 1.29 is 24.0 Å². The van der Waals surface area contributed by atoms with Crippen LogP contribution in [-0.4, -0.2) is 35.6 Å². The molecule has 0 unspecified atom stereocenters. The van der Waals surface area contributed by atoms with Crippen molar-refractivity contribution in [3.05, 3.63) is 69.3 Å². The van der Waals surface area contributed by atoms with E-state index < -0.39 is 28.4 Å². The number of ether oxygens (including phenoxy) is 1. The Kier molecular flexibility index (Phi) is 7.10. The number of hydrazine groups is 1. The fraction of sp³-hybridized carbons (Fsp3) is 0.167.